The molecule has 0 unspecified atom stereocenters. The molecule has 0 bridgehead atoms. The zero-order valence-electron chi connectivity index (χ0n) is 38.7. The van der Waals surface area contributed by atoms with E-state index in [1.165, 1.54) is 22.5 Å². The smallest absolute Gasteiger partial charge is 0.0951 e. The number of benzene rings is 2. The summed E-state index contributed by atoms with van der Waals surface area (Å²) in [5.74, 6) is 0. The minimum atomic E-state index is 0. The Kier molecular flexibility index (Phi) is 40.0. The highest BCUT2D eigenvalue weighted by atomic mass is 15.1. The fourth-order valence-corrected chi connectivity index (χ4v) is 3.91. The molecule has 2 heterocycles. The molecule has 4 rings (SSSR count). The van der Waals surface area contributed by atoms with Gasteiger partial charge >= 0.3 is 0 Å². The standard InChI is InChI=1S/2C15H20N2.2C5H12.4C2H6.2CH4/c1-15(2,3)9-14-10-16-12-17(14)11-13-7-5-4-6-8-13;1-15(2,3)11-17-12-16-10-14(17)9-13-7-5-4-6-8-13;2*1-5(2,3)4;4*1-2;;/h2*4-8,10,12H,9,11H2,1-3H3;2*1-4H3;4*1-2H3;2*1H4. The van der Waals surface area contributed by atoms with Crippen LogP contribution in [0.2, 0.25) is 0 Å². The van der Waals surface area contributed by atoms with Crippen LogP contribution in [0.5, 0.6) is 0 Å². The van der Waals surface area contributed by atoms with Crippen molar-refractivity contribution in [1.29, 1.82) is 0 Å². The first-order valence-corrected chi connectivity index (χ1v) is 20.1. The Balaban J connectivity index is -0.000000146. The van der Waals surface area contributed by atoms with Gasteiger partial charge in [0.05, 0.1) is 12.7 Å². The molecular weight excluding hydrogens is 657 g/mol. The van der Waals surface area contributed by atoms with Crippen molar-refractivity contribution in [3.05, 3.63) is 108 Å². The van der Waals surface area contributed by atoms with Crippen LogP contribution in [0.15, 0.2) is 85.7 Å². The second-order valence-corrected chi connectivity index (χ2v) is 17.5. The fourth-order valence-electron chi connectivity index (χ4n) is 3.91. The lowest BCUT2D eigenvalue weighted by Gasteiger charge is -2.20. The van der Waals surface area contributed by atoms with Gasteiger partial charge in [-0.3, -0.25) is 0 Å². The highest BCUT2D eigenvalue weighted by Gasteiger charge is 2.15. The molecule has 0 aliphatic heterocycles. The van der Waals surface area contributed by atoms with Crippen LogP contribution in [0.3, 0.4) is 0 Å². The molecule has 0 N–H and O–H groups in total. The summed E-state index contributed by atoms with van der Waals surface area (Å²) in [4.78, 5) is 8.53. The SMILES string of the molecule is C.C.CC.CC.CC.CC.CC(C)(C)C.CC(C)(C)C.CC(C)(C)Cc1cncn1Cc1ccccc1.CC(C)(C)Cn1cncc1Cc1ccccc1. The van der Waals surface area contributed by atoms with E-state index in [2.05, 4.69) is 171 Å². The van der Waals surface area contributed by atoms with Gasteiger partial charge in [0.15, 0.2) is 0 Å². The predicted molar refractivity (Wildman–Crippen MR) is 251 cm³/mol. The summed E-state index contributed by atoms with van der Waals surface area (Å²) >= 11 is 0. The molecule has 0 saturated heterocycles. The van der Waals surface area contributed by atoms with Crippen molar-refractivity contribution in [3.8, 4) is 0 Å². The molecule has 2 aromatic carbocycles. The topological polar surface area (TPSA) is 35.6 Å². The fraction of sp³-hybridized carbons (Fsp3) is 0.640. The van der Waals surface area contributed by atoms with Crippen LogP contribution >= 0.6 is 0 Å². The number of nitrogens with zero attached hydrogens (tertiary/aromatic N) is 4. The molecule has 4 heteroatoms. The summed E-state index contributed by atoms with van der Waals surface area (Å²) < 4.78 is 4.49. The zero-order valence-corrected chi connectivity index (χ0v) is 38.7. The Bertz CT molecular complexity index is 1170. The maximum Gasteiger partial charge on any atom is 0.0951 e. The van der Waals surface area contributed by atoms with Crippen molar-refractivity contribution in [1.82, 2.24) is 19.1 Å². The minimum Gasteiger partial charge on any atom is -0.334 e. The summed E-state index contributed by atoms with van der Waals surface area (Å²) in [5, 5.41) is 0. The van der Waals surface area contributed by atoms with E-state index < -0.39 is 0 Å². The lowest BCUT2D eigenvalue weighted by atomic mass is 9.91. The molecule has 0 fully saturated rings. The Hall–Kier alpha value is -3.14. The molecule has 4 nitrogen and oxygen atoms in total. The molecule has 54 heavy (non-hydrogen) atoms. The van der Waals surface area contributed by atoms with Gasteiger partial charge < -0.3 is 9.13 Å². The van der Waals surface area contributed by atoms with Crippen molar-refractivity contribution in [3.63, 3.8) is 0 Å². The number of hydrogen-bond donors (Lipinski definition) is 0. The van der Waals surface area contributed by atoms with Gasteiger partial charge in [-0.2, -0.15) is 0 Å². The summed E-state index contributed by atoms with van der Waals surface area (Å²) in [6, 6.07) is 21.1. The van der Waals surface area contributed by atoms with Crippen molar-refractivity contribution >= 4 is 0 Å². The Labute approximate surface area is 341 Å². The summed E-state index contributed by atoms with van der Waals surface area (Å²) in [6.45, 7) is 48.9. The highest BCUT2D eigenvalue weighted by Crippen LogP contribution is 2.21. The van der Waals surface area contributed by atoms with E-state index >= 15 is 0 Å². The van der Waals surface area contributed by atoms with Crippen molar-refractivity contribution in [2.45, 2.75) is 193 Å². The number of rotatable bonds is 6. The Morgan fingerprint density at radius 2 is 0.778 bits per heavy atom. The molecule has 4 aromatic rings. The van der Waals surface area contributed by atoms with Gasteiger partial charge in [-0.1, -0.05) is 228 Å². The first-order chi connectivity index (χ1) is 24.1. The summed E-state index contributed by atoms with van der Waals surface area (Å²) in [5.41, 5.74) is 6.83. The Morgan fingerprint density at radius 1 is 0.444 bits per heavy atom. The first kappa shape index (κ1) is 62.8. The maximum absolute atomic E-state index is 4.27. The number of imidazole rings is 2. The van der Waals surface area contributed by atoms with E-state index in [4.69, 9.17) is 0 Å². The van der Waals surface area contributed by atoms with Crippen LogP contribution in [0.1, 0.15) is 190 Å². The molecule has 0 atom stereocenters. The minimum absolute atomic E-state index is 0. The van der Waals surface area contributed by atoms with Gasteiger partial charge in [0.1, 0.15) is 0 Å². The zero-order chi connectivity index (χ0) is 41.6. The van der Waals surface area contributed by atoms with E-state index in [1.807, 2.05) is 86.5 Å². The maximum atomic E-state index is 4.27. The van der Waals surface area contributed by atoms with Crippen LogP contribution in [0.4, 0.5) is 0 Å². The van der Waals surface area contributed by atoms with Crippen molar-refractivity contribution in [2.24, 2.45) is 21.7 Å². The molecule has 0 amide bonds. The monoisotopic (exact) mass is 753 g/mol. The predicted octanol–water partition coefficient (Wildman–Crippen LogP) is 16.5. The van der Waals surface area contributed by atoms with Gasteiger partial charge in [-0.15, -0.1) is 0 Å². The quantitative estimate of drug-likeness (QED) is 0.197. The van der Waals surface area contributed by atoms with Crippen molar-refractivity contribution in [2.75, 3.05) is 0 Å². The molecular formula is C50H96N4. The highest BCUT2D eigenvalue weighted by molar-refractivity contribution is 5.21. The van der Waals surface area contributed by atoms with Crippen LogP contribution in [0.25, 0.3) is 0 Å². The second-order valence-electron chi connectivity index (χ2n) is 17.5. The van der Waals surface area contributed by atoms with Crippen molar-refractivity contribution < 1.29 is 0 Å². The summed E-state index contributed by atoms with van der Waals surface area (Å²) in [7, 11) is 0. The number of hydrogen-bond acceptors (Lipinski definition) is 2. The average Bonchev–Trinajstić information content (AvgIpc) is 3.67. The third-order valence-corrected chi connectivity index (χ3v) is 5.38. The van der Waals surface area contributed by atoms with Gasteiger partial charge in [0, 0.05) is 43.3 Å². The summed E-state index contributed by atoms with van der Waals surface area (Å²) in [6.07, 6.45) is 9.82. The van der Waals surface area contributed by atoms with E-state index in [0.29, 0.717) is 16.2 Å². The van der Waals surface area contributed by atoms with Gasteiger partial charge in [0.25, 0.3) is 0 Å². The van der Waals surface area contributed by atoms with Gasteiger partial charge in [-0.05, 0) is 39.2 Å². The van der Waals surface area contributed by atoms with E-state index in [1.54, 1.807) is 0 Å². The molecule has 0 spiro atoms. The van der Waals surface area contributed by atoms with Crippen LogP contribution in [0, 0.1) is 21.7 Å². The second kappa shape index (κ2) is 34.4. The molecule has 0 saturated carbocycles. The third kappa shape index (κ3) is 43.3. The molecule has 0 radical (unpaired) electrons. The average molecular weight is 753 g/mol. The lowest BCUT2D eigenvalue weighted by Crippen LogP contribution is -2.16. The van der Waals surface area contributed by atoms with Crippen LogP contribution in [-0.4, -0.2) is 19.1 Å². The lowest BCUT2D eigenvalue weighted by molar-refractivity contribution is 0.339. The first-order valence-electron chi connectivity index (χ1n) is 20.1. The van der Waals surface area contributed by atoms with Crippen LogP contribution in [-0.2, 0) is 25.9 Å². The van der Waals surface area contributed by atoms with Gasteiger partial charge in [0.2, 0.25) is 0 Å². The largest absolute Gasteiger partial charge is 0.334 e. The Morgan fingerprint density at radius 3 is 1.13 bits per heavy atom. The molecule has 0 aliphatic rings. The van der Waals surface area contributed by atoms with E-state index in [0.717, 1.165) is 25.9 Å². The van der Waals surface area contributed by atoms with E-state index in [-0.39, 0.29) is 20.3 Å². The molecule has 316 valence electrons. The van der Waals surface area contributed by atoms with E-state index in [9.17, 15) is 0 Å². The normalized spacial score (nSPS) is 10.0. The molecule has 0 aliphatic carbocycles. The van der Waals surface area contributed by atoms with Gasteiger partial charge in [-0.25, -0.2) is 9.97 Å². The number of aromatic nitrogens is 4. The van der Waals surface area contributed by atoms with Crippen LogP contribution < -0.4 is 0 Å². The molecule has 2 aromatic heterocycles. The third-order valence-electron chi connectivity index (χ3n) is 5.38.